The van der Waals surface area contributed by atoms with E-state index >= 15 is 0 Å². The number of rotatable bonds is 1. The average molecular weight is 152 g/mol. The second-order valence-electron chi connectivity index (χ2n) is 1.70. The first-order chi connectivity index (χ1) is 5.24. The van der Waals surface area contributed by atoms with Gasteiger partial charge in [-0.3, -0.25) is 10.3 Å². The fourth-order valence-electron chi connectivity index (χ4n) is 0.543. The molecule has 58 valence electrons. The second-order valence-corrected chi connectivity index (χ2v) is 1.70. The Morgan fingerprint density at radius 3 is 2.27 bits per heavy atom. The summed E-state index contributed by atoms with van der Waals surface area (Å²) >= 11 is 0. The van der Waals surface area contributed by atoms with Crippen LogP contribution in [0.2, 0.25) is 0 Å². The molecule has 0 bridgehead atoms. The normalized spacial score (nSPS) is 7.36. The molecular formula is C6H8N4O. The van der Waals surface area contributed by atoms with Gasteiger partial charge in [0.1, 0.15) is 5.76 Å². The van der Waals surface area contributed by atoms with E-state index in [1.54, 1.807) is 0 Å². The molecule has 0 unspecified atom stereocenters. The molecule has 0 aromatic carbocycles. The molecule has 0 aliphatic rings. The first kappa shape index (κ1) is 9.26. The minimum atomic E-state index is 0.725. The zero-order valence-electron chi connectivity index (χ0n) is 6.06. The number of hydrogen-bond acceptors (Lipinski definition) is 1. The van der Waals surface area contributed by atoms with Crippen molar-refractivity contribution in [2.45, 2.75) is 6.92 Å². The van der Waals surface area contributed by atoms with Crippen molar-refractivity contribution < 1.29 is 9.83 Å². The fourth-order valence-corrected chi connectivity index (χ4v) is 0.543. The SMILES string of the molecule is Cc1ccc(C=[NH2+])o1.[N-]=[N+]=[N-]. The van der Waals surface area contributed by atoms with Crippen molar-refractivity contribution in [3.05, 3.63) is 39.6 Å². The Morgan fingerprint density at radius 2 is 2.09 bits per heavy atom. The highest BCUT2D eigenvalue weighted by Crippen LogP contribution is 2.00. The molecule has 0 aliphatic heterocycles. The minimum Gasteiger partial charge on any atom is -0.456 e. The lowest BCUT2D eigenvalue weighted by Gasteiger charge is -1.75. The van der Waals surface area contributed by atoms with Crippen LogP contribution >= 0.6 is 0 Å². The molecule has 0 aliphatic carbocycles. The summed E-state index contributed by atoms with van der Waals surface area (Å²) < 4.78 is 5.05. The van der Waals surface area contributed by atoms with Gasteiger partial charge in [0.2, 0.25) is 6.21 Å². The smallest absolute Gasteiger partial charge is 0.203 e. The average Bonchev–Trinajstić information content (AvgIpc) is 2.37. The van der Waals surface area contributed by atoms with Gasteiger partial charge in [0.05, 0.1) is 0 Å². The summed E-state index contributed by atoms with van der Waals surface area (Å²) in [5, 5.41) is 5.14. The molecule has 0 radical (unpaired) electrons. The third-order valence-electron chi connectivity index (χ3n) is 0.925. The zero-order chi connectivity index (χ0) is 8.69. The van der Waals surface area contributed by atoms with Gasteiger partial charge in [0.25, 0.3) is 0 Å². The van der Waals surface area contributed by atoms with E-state index in [9.17, 15) is 0 Å². The van der Waals surface area contributed by atoms with Crippen molar-refractivity contribution in [3.63, 3.8) is 0 Å². The highest BCUT2D eigenvalue weighted by molar-refractivity contribution is 5.70. The van der Waals surface area contributed by atoms with Crippen molar-refractivity contribution in [1.82, 2.24) is 0 Å². The summed E-state index contributed by atoms with van der Waals surface area (Å²) in [6.45, 7) is 1.88. The molecule has 1 rings (SSSR count). The molecule has 2 N–H and O–H groups in total. The lowest BCUT2D eigenvalue weighted by Crippen LogP contribution is -2.29. The Balaban J connectivity index is 0.000000292. The Kier molecular flexibility index (Phi) is 4.27. The lowest BCUT2D eigenvalue weighted by molar-refractivity contribution is -0.105. The number of furan rings is 1. The van der Waals surface area contributed by atoms with Gasteiger partial charge in [-0.1, -0.05) is 0 Å². The molecule has 1 heterocycles. The van der Waals surface area contributed by atoms with Crippen LogP contribution in [0.3, 0.4) is 0 Å². The summed E-state index contributed by atoms with van der Waals surface area (Å²) in [5.74, 6) is 1.62. The maximum Gasteiger partial charge on any atom is 0.203 e. The van der Waals surface area contributed by atoms with Crippen molar-refractivity contribution in [2.75, 3.05) is 0 Å². The lowest BCUT2D eigenvalue weighted by atomic mass is 10.4. The summed E-state index contributed by atoms with van der Waals surface area (Å²) in [6.07, 6.45) is 1.44. The fraction of sp³-hybridized carbons (Fsp3) is 0.167. The van der Waals surface area contributed by atoms with Gasteiger partial charge in [-0.05, 0) is 19.1 Å². The van der Waals surface area contributed by atoms with Crippen LogP contribution in [-0.2, 0) is 0 Å². The first-order valence-electron chi connectivity index (χ1n) is 2.84. The van der Waals surface area contributed by atoms with Crippen molar-refractivity contribution in [3.8, 4) is 0 Å². The van der Waals surface area contributed by atoms with Gasteiger partial charge >= 0.3 is 0 Å². The van der Waals surface area contributed by atoms with Crippen molar-refractivity contribution >= 4 is 6.21 Å². The number of aryl methyl sites for hydroxylation is 1. The Bertz CT molecular complexity index is 259. The van der Waals surface area contributed by atoms with E-state index in [1.165, 1.54) is 11.1 Å². The van der Waals surface area contributed by atoms with E-state index in [-0.39, 0.29) is 0 Å². The van der Waals surface area contributed by atoms with E-state index in [2.05, 4.69) is 0 Å². The quantitative estimate of drug-likeness (QED) is 0.271. The largest absolute Gasteiger partial charge is 0.456 e. The Hall–Kier alpha value is -1.74. The van der Waals surface area contributed by atoms with Gasteiger partial charge < -0.3 is 15.5 Å². The van der Waals surface area contributed by atoms with E-state index in [1.807, 2.05) is 19.1 Å². The number of nitrogens with zero attached hydrogens (tertiary/aromatic N) is 3. The first-order valence-corrected chi connectivity index (χ1v) is 2.84. The summed E-state index contributed by atoms with van der Waals surface area (Å²) in [7, 11) is 0. The molecular weight excluding hydrogens is 144 g/mol. The molecule has 0 amide bonds. The summed E-state index contributed by atoms with van der Waals surface area (Å²) in [5.41, 5.74) is 13.5. The van der Waals surface area contributed by atoms with Gasteiger partial charge in [-0.2, -0.15) is 0 Å². The molecule has 0 saturated carbocycles. The molecule has 5 heteroatoms. The van der Waals surface area contributed by atoms with E-state index in [0.717, 1.165) is 11.5 Å². The second kappa shape index (κ2) is 5.08. The molecule has 0 atom stereocenters. The number of nitrogens with two attached hydrogens (primary N) is 1. The predicted octanol–water partition coefficient (Wildman–Crippen LogP) is 0.632. The minimum absolute atomic E-state index is 0.725. The summed E-state index contributed by atoms with van der Waals surface area (Å²) in [4.78, 5) is 1.50. The zero-order valence-corrected chi connectivity index (χ0v) is 6.06. The third-order valence-corrected chi connectivity index (χ3v) is 0.925. The topological polar surface area (TPSA) is 97.4 Å². The molecule has 11 heavy (non-hydrogen) atoms. The molecule has 0 spiro atoms. The van der Waals surface area contributed by atoms with Crippen LogP contribution in [0.1, 0.15) is 11.5 Å². The van der Waals surface area contributed by atoms with Crippen LogP contribution < -0.4 is 5.41 Å². The van der Waals surface area contributed by atoms with Crippen LogP contribution in [-0.4, -0.2) is 6.21 Å². The Labute approximate surface area is 63.6 Å². The highest BCUT2D eigenvalue weighted by Gasteiger charge is 1.92. The van der Waals surface area contributed by atoms with Crippen LogP contribution in [0.15, 0.2) is 16.5 Å². The van der Waals surface area contributed by atoms with E-state index < -0.39 is 0 Å². The van der Waals surface area contributed by atoms with Crippen molar-refractivity contribution in [2.24, 2.45) is 0 Å². The third kappa shape index (κ3) is 3.77. The van der Waals surface area contributed by atoms with Gasteiger partial charge in [0, 0.05) is 0 Å². The standard InChI is InChI=1S/C6H7NO.N3/c1-5-2-3-6(4-7)8-5;1-3-2/h2-4,7H,1H3;/q;-1/p+1. The Morgan fingerprint density at radius 1 is 1.55 bits per heavy atom. The van der Waals surface area contributed by atoms with Crippen LogP contribution in [0, 0.1) is 6.92 Å². The monoisotopic (exact) mass is 152 g/mol. The van der Waals surface area contributed by atoms with E-state index in [0.29, 0.717) is 0 Å². The molecule has 1 aromatic heterocycles. The van der Waals surface area contributed by atoms with Crippen molar-refractivity contribution in [1.29, 1.82) is 0 Å². The van der Waals surface area contributed by atoms with Crippen LogP contribution in [0.4, 0.5) is 0 Å². The molecule has 5 nitrogen and oxygen atoms in total. The van der Waals surface area contributed by atoms with Gasteiger partial charge in [-0.15, -0.1) is 0 Å². The van der Waals surface area contributed by atoms with Gasteiger partial charge in [-0.25, -0.2) is 0 Å². The molecule has 0 fully saturated rings. The summed E-state index contributed by atoms with van der Waals surface area (Å²) in [6, 6.07) is 3.70. The number of hydrogen-bond donors (Lipinski definition) is 1. The maximum atomic E-state index is 6.75. The van der Waals surface area contributed by atoms with Crippen LogP contribution in [0.25, 0.3) is 16.0 Å². The van der Waals surface area contributed by atoms with E-state index in [4.69, 9.17) is 20.9 Å². The van der Waals surface area contributed by atoms with Crippen LogP contribution in [0.5, 0.6) is 0 Å². The van der Waals surface area contributed by atoms with Gasteiger partial charge in [0.15, 0.2) is 5.76 Å². The predicted molar refractivity (Wildman–Crippen MR) is 40.6 cm³/mol. The molecule has 0 saturated heterocycles. The maximum absolute atomic E-state index is 6.75. The molecule has 1 aromatic rings. The highest BCUT2D eigenvalue weighted by atomic mass is 16.3.